The predicted octanol–water partition coefficient (Wildman–Crippen LogP) is 16.3. The van der Waals surface area contributed by atoms with Crippen LogP contribution in [0.3, 0.4) is 0 Å². The second kappa shape index (κ2) is 15.6. The molecule has 0 N–H and O–H groups in total. The Hall–Kier alpha value is -9.39. The van der Waals surface area contributed by atoms with Crippen molar-refractivity contribution >= 4 is 65.7 Å². The average Bonchev–Trinajstić information content (AvgIpc) is 4.08. The van der Waals surface area contributed by atoms with Gasteiger partial charge in [-0.15, -0.1) is 0 Å². The summed E-state index contributed by atoms with van der Waals surface area (Å²) in [7, 11) is 0. The fraction of sp³-hybridized carbons (Fsp3) is 0. The quantitative estimate of drug-likeness (QED) is 0.160. The van der Waals surface area contributed by atoms with Crippen LogP contribution in [0.2, 0.25) is 0 Å². The molecule has 0 aliphatic carbocycles. The number of hydrogen-bond acceptors (Lipinski definition) is 4. The molecule has 5 heterocycles. The van der Waals surface area contributed by atoms with Crippen molar-refractivity contribution in [3.63, 3.8) is 0 Å². The molecule has 0 saturated carbocycles. The monoisotopic (exact) mass is 881 g/mol. The Morgan fingerprint density at radius 2 is 0.841 bits per heavy atom. The molecule has 6 heteroatoms. The van der Waals surface area contributed by atoms with Crippen LogP contribution in [0, 0.1) is 0 Å². The normalized spacial score (nSPS) is 11.8. The molecule has 0 aliphatic heterocycles. The van der Waals surface area contributed by atoms with Crippen molar-refractivity contribution < 1.29 is 4.42 Å². The van der Waals surface area contributed by atoms with Gasteiger partial charge in [0.25, 0.3) is 0 Å². The van der Waals surface area contributed by atoms with Gasteiger partial charge in [-0.2, -0.15) is 0 Å². The van der Waals surface area contributed by atoms with Gasteiger partial charge in [-0.25, -0.2) is 9.97 Å². The summed E-state index contributed by atoms with van der Waals surface area (Å²) in [6.45, 7) is 0. The molecule has 14 aromatic rings. The summed E-state index contributed by atoms with van der Waals surface area (Å²) < 4.78 is 10.9. The fourth-order valence-electron chi connectivity index (χ4n) is 10.3. The highest BCUT2D eigenvalue weighted by Gasteiger charge is 2.18. The van der Waals surface area contributed by atoms with Crippen molar-refractivity contribution in [1.82, 2.24) is 24.1 Å². The van der Waals surface area contributed by atoms with E-state index in [2.05, 4.69) is 208 Å². The topological polar surface area (TPSA) is 61.7 Å². The van der Waals surface area contributed by atoms with Crippen molar-refractivity contribution in [1.29, 1.82) is 0 Å². The number of fused-ring (bicyclic) bond motifs is 9. The summed E-state index contributed by atoms with van der Waals surface area (Å²) in [6.07, 6.45) is 1.82. The van der Waals surface area contributed by atoms with E-state index in [4.69, 9.17) is 14.4 Å². The van der Waals surface area contributed by atoms with Crippen LogP contribution in [0.15, 0.2) is 241 Å². The number of pyridine rings is 1. The highest BCUT2D eigenvalue weighted by molar-refractivity contribution is 6.12. The van der Waals surface area contributed by atoms with Crippen molar-refractivity contribution in [2.45, 2.75) is 0 Å². The first-order valence-corrected chi connectivity index (χ1v) is 23.2. The van der Waals surface area contributed by atoms with Crippen LogP contribution in [0.1, 0.15) is 0 Å². The minimum absolute atomic E-state index is 0.700. The lowest BCUT2D eigenvalue weighted by atomic mass is 9.97. The lowest BCUT2D eigenvalue weighted by molar-refractivity contribution is 0.668. The first-order chi connectivity index (χ1) is 34.2. The van der Waals surface area contributed by atoms with Crippen LogP contribution < -0.4 is 0 Å². The molecule has 0 saturated heterocycles. The smallest absolute Gasteiger partial charge is 0.160 e. The third-order valence-electron chi connectivity index (χ3n) is 13.6. The fourth-order valence-corrected chi connectivity index (χ4v) is 10.3. The third-order valence-corrected chi connectivity index (χ3v) is 13.6. The van der Waals surface area contributed by atoms with E-state index in [0.717, 1.165) is 89.2 Å². The number of hydrogen-bond donors (Lipinski definition) is 0. The number of aromatic nitrogens is 5. The Kier molecular flexibility index (Phi) is 8.79. The summed E-state index contributed by atoms with van der Waals surface area (Å²) in [5.41, 5.74) is 18.7. The molecule has 0 atom stereocenters. The highest BCUT2D eigenvalue weighted by atomic mass is 16.3. The minimum atomic E-state index is 0.700. The minimum Gasteiger partial charge on any atom is -0.454 e. The van der Waals surface area contributed by atoms with Gasteiger partial charge < -0.3 is 13.6 Å². The number of rotatable bonds is 7. The standard InChI is InChI=1S/C63H39N5O/c1-3-14-40(15-4-1)54-39-55(66-63(65-54)41-16-5-2-6-17-41)46-20-12-21-47(35-46)67-56-24-9-7-22-49(56)51-36-44(27-30-58(51)67)42-18-11-19-43(34-42)45-28-31-59-52(37-45)50-23-8-10-25-57(50)68(59)48-29-32-60-53(38-48)62-61(69-60)26-13-33-64-62/h1-39H. The maximum absolute atomic E-state index is 6.13. The van der Waals surface area contributed by atoms with E-state index in [1.165, 1.54) is 38.2 Å². The van der Waals surface area contributed by atoms with Gasteiger partial charge in [0.1, 0.15) is 11.1 Å². The van der Waals surface area contributed by atoms with Gasteiger partial charge in [0, 0.05) is 61.2 Å². The van der Waals surface area contributed by atoms with Crippen LogP contribution in [0.4, 0.5) is 0 Å². The highest BCUT2D eigenvalue weighted by Crippen LogP contribution is 2.40. The maximum atomic E-state index is 6.13. The SMILES string of the molecule is c1ccc(-c2cc(-c3cccc(-n4c5ccccc5c5cc(-c6cccc(-c7ccc8c(c7)c7ccccc7n8-c7ccc8oc9cccnc9c8c7)c6)ccc54)c3)nc(-c3ccccc3)n2)cc1. The average molecular weight is 882 g/mol. The van der Waals surface area contributed by atoms with E-state index in [1.54, 1.807) is 0 Å². The molecular formula is C63H39N5O. The van der Waals surface area contributed by atoms with Gasteiger partial charge in [0.05, 0.1) is 33.5 Å². The van der Waals surface area contributed by atoms with E-state index >= 15 is 0 Å². The van der Waals surface area contributed by atoms with Gasteiger partial charge in [0.2, 0.25) is 0 Å². The number of furan rings is 1. The van der Waals surface area contributed by atoms with E-state index < -0.39 is 0 Å². The molecule has 0 radical (unpaired) electrons. The van der Waals surface area contributed by atoms with Crippen molar-refractivity contribution in [2.75, 3.05) is 0 Å². The van der Waals surface area contributed by atoms with Crippen LogP contribution >= 0.6 is 0 Å². The molecule has 69 heavy (non-hydrogen) atoms. The summed E-state index contributed by atoms with van der Waals surface area (Å²) in [5.74, 6) is 0.700. The number of benzene rings is 9. The Morgan fingerprint density at radius 1 is 0.304 bits per heavy atom. The zero-order valence-corrected chi connectivity index (χ0v) is 37.2. The van der Waals surface area contributed by atoms with Gasteiger partial charge >= 0.3 is 0 Å². The van der Waals surface area contributed by atoms with Crippen LogP contribution in [0.5, 0.6) is 0 Å². The molecule has 9 aromatic carbocycles. The summed E-state index contributed by atoms with van der Waals surface area (Å²) in [5, 5.41) is 5.82. The van der Waals surface area contributed by atoms with E-state index in [1.807, 2.05) is 42.6 Å². The molecule has 6 nitrogen and oxygen atoms in total. The molecule has 0 bridgehead atoms. The molecule has 322 valence electrons. The molecule has 0 aliphatic rings. The van der Waals surface area contributed by atoms with Gasteiger partial charge in [-0.1, -0.05) is 140 Å². The Balaban J connectivity index is 0.846. The van der Waals surface area contributed by atoms with Crippen molar-refractivity contribution in [3.05, 3.63) is 237 Å². The first kappa shape index (κ1) is 38.8. The molecule has 0 amide bonds. The van der Waals surface area contributed by atoms with Gasteiger partial charge in [-0.3, -0.25) is 4.98 Å². The third kappa shape index (κ3) is 6.45. The summed E-state index contributed by atoms with van der Waals surface area (Å²) in [4.78, 5) is 14.8. The van der Waals surface area contributed by atoms with E-state index in [9.17, 15) is 0 Å². The zero-order valence-electron chi connectivity index (χ0n) is 37.2. The second-order valence-electron chi connectivity index (χ2n) is 17.6. The lowest BCUT2D eigenvalue weighted by Gasteiger charge is -2.12. The molecule has 14 rings (SSSR count). The van der Waals surface area contributed by atoms with Crippen LogP contribution in [0.25, 0.3) is 133 Å². The maximum Gasteiger partial charge on any atom is 0.160 e. The van der Waals surface area contributed by atoms with E-state index in [-0.39, 0.29) is 0 Å². The van der Waals surface area contributed by atoms with Gasteiger partial charge in [-0.05, 0) is 113 Å². The van der Waals surface area contributed by atoms with Gasteiger partial charge in [0.15, 0.2) is 11.4 Å². The van der Waals surface area contributed by atoms with E-state index in [0.29, 0.717) is 5.82 Å². The molecular weight excluding hydrogens is 843 g/mol. The van der Waals surface area contributed by atoms with Crippen molar-refractivity contribution in [2.24, 2.45) is 0 Å². The first-order valence-electron chi connectivity index (χ1n) is 23.2. The Labute approximate surface area is 396 Å². The molecule has 0 unspecified atom stereocenters. The van der Waals surface area contributed by atoms with Crippen LogP contribution in [-0.2, 0) is 0 Å². The summed E-state index contributed by atoms with van der Waals surface area (Å²) in [6, 6.07) is 81.7. The predicted molar refractivity (Wildman–Crippen MR) is 283 cm³/mol. The van der Waals surface area contributed by atoms with Crippen LogP contribution in [-0.4, -0.2) is 24.1 Å². The molecule has 0 spiro atoms. The largest absolute Gasteiger partial charge is 0.454 e. The lowest BCUT2D eigenvalue weighted by Crippen LogP contribution is -1.97. The van der Waals surface area contributed by atoms with Crippen molar-refractivity contribution in [3.8, 4) is 67.5 Å². The zero-order chi connectivity index (χ0) is 45.4. The number of nitrogens with zero attached hydrogens (tertiary/aromatic N) is 5. The molecule has 5 aromatic heterocycles. The Morgan fingerprint density at radius 3 is 1.52 bits per heavy atom. The summed E-state index contributed by atoms with van der Waals surface area (Å²) >= 11 is 0. The molecule has 0 fully saturated rings. The second-order valence-corrected chi connectivity index (χ2v) is 17.6. The number of para-hydroxylation sites is 2. The Bertz CT molecular complexity index is 4260.